The van der Waals surface area contributed by atoms with Gasteiger partial charge < -0.3 is 9.80 Å². The van der Waals surface area contributed by atoms with Gasteiger partial charge in [0.05, 0.1) is 22.8 Å². The standard InChI is InChI=1S/C54H58B2N2/c1-33-27-35(3)51(36(4)28-33)55-43-19-13-21-49-53(43)57(47-25-23-41(31-45(47)55)39-15-9-7-10-16-39)50-22-14-20-44-54(50)58(49)48-26-24-42(40-17-11-8-12-18-40)32-46(48)56(44)52-37(5)29-34(2)30-38(52)6/h13,19,21-32,39-40H,7-12,14-18,20H2,1-6H3. The molecular weight excluding hydrogens is 698 g/mol. The van der Waals surface area contributed by atoms with E-state index in [4.69, 9.17) is 0 Å². The molecule has 4 heteroatoms. The van der Waals surface area contributed by atoms with Gasteiger partial charge in [-0.3, -0.25) is 0 Å². The number of hydrogen-bond acceptors (Lipinski definition) is 2. The molecule has 0 saturated heterocycles. The molecule has 5 aromatic rings. The van der Waals surface area contributed by atoms with Crippen LogP contribution < -0.4 is 37.1 Å². The number of allylic oxidation sites excluding steroid dienone is 2. The summed E-state index contributed by atoms with van der Waals surface area (Å²) in [5.74, 6) is 1.32. The van der Waals surface area contributed by atoms with Crippen molar-refractivity contribution >= 4 is 63.5 Å². The summed E-state index contributed by atoms with van der Waals surface area (Å²) in [6.07, 6.45) is 18.2. The van der Waals surface area contributed by atoms with E-state index < -0.39 is 0 Å². The molecule has 0 unspecified atom stereocenters. The van der Waals surface area contributed by atoms with E-state index in [0.717, 1.165) is 12.8 Å². The summed E-state index contributed by atoms with van der Waals surface area (Å²) in [6, 6.07) is 32.5. The molecule has 0 aromatic heterocycles. The van der Waals surface area contributed by atoms with Gasteiger partial charge in [0.25, 0.3) is 0 Å². The fraction of sp³-hybridized carbons (Fsp3) is 0.370. The quantitative estimate of drug-likeness (QED) is 0.169. The van der Waals surface area contributed by atoms with Crippen LogP contribution in [0.1, 0.15) is 133 Å². The Hall–Kier alpha value is -4.69. The Morgan fingerprint density at radius 3 is 1.59 bits per heavy atom. The zero-order valence-corrected chi connectivity index (χ0v) is 35.8. The molecule has 5 aromatic carbocycles. The van der Waals surface area contributed by atoms with Crippen LogP contribution in [0.4, 0.5) is 22.7 Å². The molecule has 0 spiro atoms. The summed E-state index contributed by atoms with van der Waals surface area (Å²) in [5, 5.41) is 0. The van der Waals surface area contributed by atoms with Crippen molar-refractivity contribution in [1.82, 2.24) is 0 Å². The lowest BCUT2D eigenvalue weighted by molar-refractivity contribution is 0.444. The molecule has 290 valence electrons. The molecule has 2 nitrogen and oxygen atoms in total. The van der Waals surface area contributed by atoms with Gasteiger partial charge in [-0.2, -0.15) is 0 Å². The molecule has 6 aliphatic rings. The van der Waals surface area contributed by atoms with Crippen molar-refractivity contribution in [2.45, 2.75) is 130 Å². The highest BCUT2D eigenvalue weighted by molar-refractivity contribution is 6.98. The predicted molar refractivity (Wildman–Crippen MR) is 251 cm³/mol. The molecular formula is C54H58B2N2. The normalized spacial score (nSPS) is 18.8. The van der Waals surface area contributed by atoms with E-state index in [1.807, 2.05) is 0 Å². The SMILES string of the molecule is Cc1cc(C)c(B2C3=C4C(=CCC3)N3c5ccc(C6CCCCC6)cc5B(c5c(C)cc(C)cc5C)c5cccc(c53)N4c3ccc(C4CCCCC4)cc32)c(C)c1. The van der Waals surface area contributed by atoms with E-state index in [1.54, 1.807) is 16.6 Å². The predicted octanol–water partition coefficient (Wildman–Crippen LogP) is 10.8. The van der Waals surface area contributed by atoms with E-state index in [1.165, 1.54) is 159 Å². The lowest BCUT2D eigenvalue weighted by atomic mass is 9.32. The minimum absolute atomic E-state index is 0.170. The fourth-order valence-electron chi connectivity index (χ4n) is 13.1. The van der Waals surface area contributed by atoms with Gasteiger partial charge in [-0.05, 0) is 138 Å². The number of benzene rings is 5. The van der Waals surface area contributed by atoms with E-state index >= 15 is 0 Å². The van der Waals surface area contributed by atoms with Crippen LogP contribution in [0, 0.1) is 41.5 Å². The average molecular weight is 757 g/mol. The minimum Gasteiger partial charge on any atom is -0.308 e. The second kappa shape index (κ2) is 14.0. The van der Waals surface area contributed by atoms with Crippen molar-refractivity contribution in [3.63, 3.8) is 0 Å². The smallest absolute Gasteiger partial charge is 0.247 e. The van der Waals surface area contributed by atoms with Crippen molar-refractivity contribution in [1.29, 1.82) is 0 Å². The third-order valence-corrected chi connectivity index (χ3v) is 15.3. The number of nitrogens with zero attached hydrogens (tertiary/aromatic N) is 2. The monoisotopic (exact) mass is 756 g/mol. The molecule has 11 rings (SSSR count). The van der Waals surface area contributed by atoms with Gasteiger partial charge in [0.1, 0.15) is 0 Å². The molecule has 0 bridgehead atoms. The van der Waals surface area contributed by atoms with Crippen LogP contribution in [0.2, 0.25) is 0 Å². The third kappa shape index (κ3) is 5.53. The zero-order valence-electron chi connectivity index (χ0n) is 35.8. The minimum atomic E-state index is 0.170. The number of para-hydroxylation sites is 1. The van der Waals surface area contributed by atoms with Crippen LogP contribution >= 0.6 is 0 Å². The second-order valence-electron chi connectivity index (χ2n) is 19.2. The number of hydrogen-bond donors (Lipinski definition) is 0. The van der Waals surface area contributed by atoms with Crippen LogP contribution in [0.15, 0.2) is 102 Å². The Bertz CT molecular complexity index is 2530. The largest absolute Gasteiger partial charge is 0.308 e. The summed E-state index contributed by atoms with van der Waals surface area (Å²) in [4.78, 5) is 5.47. The molecule has 3 aliphatic heterocycles. The Morgan fingerprint density at radius 1 is 0.500 bits per heavy atom. The fourth-order valence-corrected chi connectivity index (χ4v) is 13.1. The Kier molecular flexibility index (Phi) is 8.76. The van der Waals surface area contributed by atoms with Crippen molar-refractivity contribution in [2.75, 3.05) is 9.80 Å². The lowest BCUT2D eigenvalue weighted by Gasteiger charge is -2.52. The van der Waals surface area contributed by atoms with E-state index in [-0.39, 0.29) is 13.4 Å². The van der Waals surface area contributed by atoms with Crippen LogP contribution in [-0.4, -0.2) is 13.4 Å². The van der Waals surface area contributed by atoms with Crippen LogP contribution in [0.3, 0.4) is 0 Å². The van der Waals surface area contributed by atoms with Crippen molar-refractivity contribution in [3.8, 4) is 0 Å². The first-order valence-electron chi connectivity index (χ1n) is 22.9. The summed E-state index contributed by atoms with van der Waals surface area (Å²) in [6.45, 7) is 14.4. The van der Waals surface area contributed by atoms with Gasteiger partial charge in [0.15, 0.2) is 0 Å². The maximum Gasteiger partial charge on any atom is 0.247 e. The highest BCUT2D eigenvalue weighted by Crippen LogP contribution is 2.54. The highest BCUT2D eigenvalue weighted by atomic mass is 15.3. The van der Waals surface area contributed by atoms with E-state index in [9.17, 15) is 0 Å². The third-order valence-electron chi connectivity index (χ3n) is 15.3. The summed E-state index contributed by atoms with van der Waals surface area (Å²) >= 11 is 0. The molecule has 2 fully saturated rings. The molecule has 58 heavy (non-hydrogen) atoms. The Labute approximate surface area is 348 Å². The van der Waals surface area contributed by atoms with Gasteiger partial charge in [0, 0.05) is 11.4 Å². The molecule has 0 amide bonds. The van der Waals surface area contributed by atoms with Crippen molar-refractivity contribution in [2.24, 2.45) is 0 Å². The maximum atomic E-state index is 2.73. The highest BCUT2D eigenvalue weighted by Gasteiger charge is 2.49. The summed E-state index contributed by atoms with van der Waals surface area (Å²) in [5.41, 5.74) is 28.8. The second-order valence-corrected chi connectivity index (χ2v) is 19.2. The summed E-state index contributed by atoms with van der Waals surface area (Å²) < 4.78 is 0. The molecule has 0 radical (unpaired) electrons. The van der Waals surface area contributed by atoms with Gasteiger partial charge >= 0.3 is 0 Å². The molecule has 0 atom stereocenters. The first kappa shape index (κ1) is 36.4. The molecule has 3 aliphatic carbocycles. The molecule has 3 heterocycles. The summed E-state index contributed by atoms with van der Waals surface area (Å²) in [7, 11) is 0. The van der Waals surface area contributed by atoms with E-state index in [0.29, 0.717) is 11.8 Å². The number of anilines is 4. The topological polar surface area (TPSA) is 6.48 Å². The maximum absolute atomic E-state index is 2.73. The van der Waals surface area contributed by atoms with Crippen LogP contribution in [0.25, 0.3) is 0 Å². The zero-order chi connectivity index (χ0) is 39.4. The van der Waals surface area contributed by atoms with Crippen molar-refractivity contribution in [3.05, 3.63) is 146 Å². The Balaban J connectivity index is 1.19. The van der Waals surface area contributed by atoms with Crippen molar-refractivity contribution < 1.29 is 0 Å². The average Bonchev–Trinajstić information content (AvgIpc) is 3.23. The Morgan fingerprint density at radius 2 is 1.02 bits per heavy atom. The van der Waals surface area contributed by atoms with Crippen LogP contribution in [0.5, 0.6) is 0 Å². The van der Waals surface area contributed by atoms with Gasteiger partial charge in [-0.25, -0.2) is 0 Å². The van der Waals surface area contributed by atoms with Gasteiger partial charge in [0.2, 0.25) is 13.4 Å². The first-order valence-corrected chi connectivity index (χ1v) is 22.9. The lowest BCUT2D eigenvalue weighted by Crippen LogP contribution is -2.61. The van der Waals surface area contributed by atoms with Crippen LogP contribution in [-0.2, 0) is 0 Å². The first-order chi connectivity index (χ1) is 28.3. The number of aryl methyl sites for hydroxylation is 6. The molecule has 0 N–H and O–H groups in total. The van der Waals surface area contributed by atoms with Gasteiger partial charge in [-0.1, -0.05) is 155 Å². The van der Waals surface area contributed by atoms with Gasteiger partial charge in [-0.15, -0.1) is 0 Å². The number of fused-ring (bicyclic) bond motifs is 6. The van der Waals surface area contributed by atoms with E-state index in [2.05, 4.69) is 136 Å². The number of rotatable bonds is 4. The molecule has 2 saturated carbocycles.